The van der Waals surface area contributed by atoms with E-state index in [0.29, 0.717) is 22.7 Å². The van der Waals surface area contributed by atoms with Crippen LogP contribution in [0.4, 0.5) is 5.69 Å². The van der Waals surface area contributed by atoms with E-state index in [1.165, 1.54) is 61.7 Å². The van der Waals surface area contributed by atoms with Crippen LogP contribution in [0.3, 0.4) is 0 Å². The van der Waals surface area contributed by atoms with Gasteiger partial charge in [0, 0.05) is 18.7 Å². The Morgan fingerprint density at radius 2 is 1.56 bits per heavy atom. The average Bonchev–Trinajstić information content (AvgIpc) is 2.91. The van der Waals surface area contributed by atoms with Crippen molar-refractivity contribution in [3.63, 3.8) is 0 Å². The third kappa shape index (κ3) is 5.18. The van der Waals surface area contributed by atoms with Crippen LogP contribution in [0.1, 0.15) is 52.9 Å². The molecule has 0 aromatic heterocycles. The summed E-state index contributed by atoms with van der Waals surface area (Å²) in [5.41, 5.74) is 4.76. The van der Waals surface area contributed by atoms with E-state index >= 15 is 0 Å². The highest BCUT2D eigenvalue weighted by Gasteiger charge is 2.23. The maximum atomic E-state index is 13.2. The fraction of sp³-hybridized carbons (Fsp3) is 0.321. The summed E-state index contributed by atoms with van der Waals surface area (Å²) in [6, 6.07) is 17.3. The predicted octanol–water partition coefficient (Wildman–Crippen LogP) is 4.90. The highest BCUT2D eigenvalue weighted by atomic mass is 32.2. The molecule has 36 heavy (non-hydrogen) atoms. The molecule has 0 saturated heterocycles. The summed E-state index contributed by atoms with van der Waals surface area (Å²) in [7, 11) is 0.565. The molecule has 1 aliphatic rings. The molecule has 1 atom stereocenters. The lowest BCUT2D eigenvalue weighted by molar-refractivity contribution is 0.0940. The van der Waals surface area contributed by atoms with Crippen molar-refractivity contribution in [2.75, 3.05) is 25.6 Å². The van der Waals surface area contributed by atoms with Gasteiger partial charge in [0.2, 0.25) is 0 Å². The summed E-state index contributed by atoms with van der Waals surface area (Å²) in [4.78, 5) is 13.0. The molecule has 0 saturated carbocycles. The second kappa shape index (κ2) is 10.6. The highest BCUT2D eigenvalue weighted by Crippen LogP contribution is 2.32. The molecule has 0 spiro atoms. The first-order valence-electron chi connectivity index (χ1n) is 12.0. The Labute approximate surface area is 213 Å². The molecule has 3 aromatic rings. The molecule has 0 fully saturated rings. The zero-order valence-electron chi connectivity index (χ0n) is 21.1. The molecule has 0 radical (unpaired) electrons. The topological polar surface area (TPSA) is 84.9 Å². The van der Waals surface area contributed by atoms with E-state index in [0.717, 1.165) is 18.4 Å². The number of nitrogens with zero attached hydrogens (tertiary/aromatic N) is 1. The largest absolute Gasteiger partial charge is 0.493 e. The third-order valence-electron chi connectivity index (χ3n) is 6.73. The van der Waals surface area contributed by atoms with Gasteiger partial charge in [0.1, 0.15) is 0 Å². The lowest BCUT2D eigenvalue weighted by atomic mass is 9.89. The Morgan fingerprint density at radius 1 is 0.889 bits per heavy atom. The van der Waals surface area contributed by atoms with Gasteiger partial charge in [-0.3, -0.25) is 9.10 Å². The van der Waals surface area contributed by atoms with Crippen molar-refractivity contribution in [3.8, 4) is 11.5 Å². The van der Waals surface area contributed by atoms with Crippen LogP contribution in [0, 0.1) is 0 Å². The quantitative estimate of drug-likeness (QED) is 0.468. The molecule has 1 aliphatic carbocycles. The Morgan fingerprint density at radius 3 is 2.22 bits per heavy atom. The van der Waals surface area contributed by atoms with Gasteiger partial charge in [0.15, 0.2) is 11.5 Å². The predicted molar refractivity (Wildman–Crippen MR) is 141 cm³/mol. The number of sulfonamides is 1. The van der Waals surface area contributed by atoms with Gasteiger partial charge in [-0.05, 0) is 85.7 Å². The SMILES string of the molecule is COc1ccc(S(=O)(=O)N(C)c2ccc(C(=O)N[C@@H](C)c3ccc4c(c3)CCCC4)cc2)cc1OC. The maximum Gasteiger partial charge on any atom is 0.264 e. The summed E-state index contributed by atoms with van der Waals surface area (Å²) in [5, 5.41) is 3.05. The van der Waals surface area contributed by atoms with Crippen molar-refractivity contribution < 1.29 is 22.7 Å². The number of methoxy groups -OCH3 is 2. The molecule has 0 heterocycles. The van der Waals surface area contributed by atoms with Gasteiger partial charge in [-0.15, -0.1) is 0 Å². The minimum Gasteiger partial charge on any atom is -0.493 e. The minimum atomic E-state index is -3.85. The first-order chi connectivity index (χ1) is 17.2. The van der Waals surface area contributed by atoms with Crippen LogP contribution >= 0.6 is 0 Å². The van der Waals surface area contributed by atoms with Gasteiger partial charge in [-0.25, -0.2) is 8.42 Å². The van der Waals surface area contributed by atoms with Crippen LogP contribution in [0.2, 0.25) is 0 Å². The summed E-state index contributed by atoms with van der Waals surface area (Å²) in [6.07, 6.45) is 4.66. The highest BCUT2D eigenvalue weighted by molar-refractivity contribution is 7.92. The van der Waals surface area contributed by atoms with Gasteiger partial charge >= 0.3 is 0 Å². The van der Waals surface area contributed by atoms with E-state index in [4.69, 9.17) is 9.47 Å². The number of ether oxygens (including phenoxy) is 2. The van der Waals surface area contributed by atoms with Crippen molar-refractivity contribution in [2.24, 2.45) is 0 Å². The molecule has 190 valence electrons. The van der Waals surface area contributed by atoms with Gasteiger partial charge in [0.05, 0.1) is 30.8 Å². The number of hydrogen-bond acceptors (Lipinski definition) is 5. The second-order valence-electron chi connectivity index (χ2n) is 8.97. The lowest BCUT2D eigenvalue weighted by Crippen LogP contribution is -2.28. The molecule has 3 aromatic carbocycles. The second-order valence-corrected chi connectivity index (χ2v) is 10.9. The van der Waals surface area contributed by atoms with Gasteiger partial charge < -0.3 is 14.8 Å². The molecule has 8 heteroatoms. The normalized spacial score (nSPS) is 13.9. The van der Waals surface area contributed by atoms with Crippen LogP contribution in [-0.2, 0) is 22.9 Å². The number of fused-ring (bicyclic) bond motifs is 1. The zero-order valence-corrected chi connectivity index (χ0v) is 21.9. The van der Waals surface area contributed by atoms with Crippen molar-refractivity contribution in [2.45, 2.75) is 43.5 Å². The van der Waals surface area contributed by atoms with E-state index in [-0.39, 0.29) is 16.8 Å². The first kappa shape index (κ1) is 25.6. The van der Waals surface area contributed by atoms with Crippen LogP contribution in [0.25, 0.3) is 0 Å². The van der Waals surface area contributed by atoms with E-state index in [2.05, 4.69) is 23.5 Å². The van der Waals surface area contributed by atoms with Crippen LogP contribution in [0.15, 0.2) is 65.6 Å². The van der Waals surface area contributed by atoms with Gasteiger partial charge in [0.25, 0.3) is 15.9 Å². The number of hydrogen-bond donors (Lipinski definition) is 1. The average molecular weight is 509 g/mol. The number of rotatable bonds is 8. The monoisotopic (exact) mass is 508 g/mol. The molecule has 1 amide bonds. The Kier molecular flexibility index (Phi) is 7.54. The molecular formula is C28H32N2O5S. The van der Waals surface area contributed by atoms with E-state index in [9.17, 15) is 13.2 Å². The molecule has 1 N–H and O–H groups in total. The van der Waals surface area contributed by atoms with Crippen molar-refractivity contribution >= 4 is 21.6 Å². The molecule has 0 aliphatic heterocycles. The van der Waals surface area contributed by atoms with Crippen LogP contribution in [0.5, 0.6) is 11.5 Å². The summed E-state index contributed by atoms with van der Waals surface area (Å²) in [5.74, 6) is 0.559. The third-order valence-corrected chi connectivity index (χ3v) is 8.51. The summed E-state index contributed by atoms with van der Waals surface area (Å²) in [6.45, 7) is 1.97. The Balaban J connectivity index is 1.46. The van der Waals surface area contributed by atoms with Crippen molar-refractivity contribution in [1.82, 2.24) is 5.32 Å². The first-order valence-corrected chi connectivity index (χ1v) is 13.4. The van der Waals surface area contributed by atoms with Gasteiger partial charge in [-0.2, -0.15) is 0 Å². The number of anilines is 1. The lowest BCUT2D eigenvalue weighted by Gasteiger charge is -2.21. The van der Waals surface area contributed by atoms with E-state index < -0.39 is 10.0 Å². The van der Waals surface area contributed by atoms with Crippen molar-refractivity contribution in [3.05, 3.63) is 82.9 Å². The van der Waals surface area contributed by atoms with Crippen LogP contribution < -0.4 is 19.1 Å². The van der Waals surface area contributed by atoms with Gasteiger partial charge in [-0.1, -0.05) is 18.2 Å². The Bertz CT molecular complexity index is 1350. The van der Waals surface area contributed by atoms with Crippen LogP contribution in [-0.4, -0.2) is 35.6 Å². The number of benzene rings is 3. The number of amides is 1. The van der Waals surface area contributed by atoms with Crippen molar-refractivity contribution in [1.29, 1.82) is 0 Å². The summed E-state index contributed by atoms with van der Waals surface area (Å²) < 4.78 is 38.0. The van der Waals surface area contributed by atoms with E-state index in [1.54, 1.807) is 30.3 Å². The smallest absolute Gasteiger partial charge is 0.264 e. The minimum absolute atomic E-state index is 0.0725. The number of carbonyl (C=O) groups excluding carboxylic acids is 1. The fourth-order valence-corrected chi connectivity index (χ4v) is 5.69. The number of aryl methyl sites for hydroxylation is 2. The summed E-state index contributed by atoms with van der Waals surface area (Å²) >= 11 is 0. The molecule has 4 rings (SSSR count). The molecular weight excluding hydrogens is 476 g/mol. The van der Waals surface area contributed by atoms with E-state index in [1.807, 2.05) is 6.92 Å². The molecule has 7 nitrogen and oxygen atoms in total. The number of nitrogens with one attached hydrogen (secondary N) is 1. The Hall–Kier alpha value is -3.52. The standard InChI is InChI=1S/C28H32N2O5S/c1-19(22-10-9-20-7-5-6-8-23(20)17-22)29-28(31)21-11-13-24(14-12-21)30(2)36(32,33)25-15-16-26(34-3)27(18-25)35-4/h9-19H,5-8H2,1-4H3,(H,29,31)/t19-/m0/s1. The zero-order chi connectivity index (χ0) is 25.9. The fourth-order valence-electron chi connectivity index (χ4n) is 4.48. The maximum absolute atomic E-state index is 13.2. The molecule has 0 unspecified atom stereocenters. The number of carbonyl (C=O) groups is 1. The molecule has 0 bridgehead atoms.